The van der Waals surface area contributed by atoms with Crippen LogP contribution in [-0.4, -0.2) is 25.2 Å². The van der Waals surface area contributed by atoms with Crippen LogP contribution in [0.25, 0.3) is 17.0 Å². The van der Waals surface area contributed by atoms with E-state index in [9.17, 15) is 9.59 Å². The zero-order chi connectivity index (χ0) is 23.6. The summed E-state index contributed by atoms with van der Waals surface area (Å²) < 4.78 is 23.0. The van der Waals surface area contributed by atoms with Gasteiger partial charge in [0.15, 0.2) is 11.3 Å². The van der Waals surface area contributed by atoms with Crippen LogP contribution in [0.5, 0.6) is 5.75 Å². The fourth-order valence-electron chi connectivity index (χ4n) is 3.93. The SMILES string of the molecule is C/C=C(/C)C(=O)OCc1c2c(c(OC)c3occ(C)c13)C=C[C@@H](OC(=O)/C(C)=C\C)[C@@H]2C. The number of fused-ring (bicyclic) bond motifs is 2. The van der Waals surface area contributed by atoms with Crippen molar-refractivity contribution < 1.29 is 28.2 Å². The lowest BCUT2D eigenvalue weighted by Crippen LogP contribution is -2.26. The average molecular weight is 439 g/mol. The molecule has 2 atom stereocenters. The molecule has 6 heteroatoms. The molecule has 0 unspecified atom stereocenters. The highest BCUT2D eigenvalue weighted by atomic mass is 16.5. The summed E-state index contributed by atoms with van der Waals surface area (Å²) >= 11 is 0. The number of hydrogen-bond donors (Lipinski definition) is 0. The molecule has 0 bridgehead atoms. The van der Waals surface area contributed by atoms with E-state index >= 15 is 0 Å². The Bertz CT molecular complexity index is 1150. The van der Waals surface area contributed by atoms with E-state index in [1.807, 2.05) is 26.0 Å². The molecule has 32 heavy (non-hydrogen) atoms. The van der Waals surface area contributed by atoms with E-state index in [1.165, 1.54) is 0 Å². The lowest BCUT2D eigenvalue weighted by Gasteiger charge is -2.30. The van der Waals surface area contributed by atoms with Crippen LogP contribution in [0.2, 0.25) is 0 Å². The number of benzene rings is 1. The Morgan fingerprint density at radius 1 is 1.12 bits per heavy atom. The number of methoxy groups -OCH3 is 1. The molecule has 0 radical (unpaired) electrons. The van der Waals surface area contributed by atoms with E-state index in [-0.39, 0.29) is 24.5 Å². The monoisotopic (exact) mass is 438 g/mol. The third-order valence-electron chi connectivity index (χ3n) is 6.05. The summed E-state index contributed by atoms with van der Waals surface area (Å²) in [5, 5.41) is 0.850. The summed E-state index contributed by atoms with van der Waals surface area (Å²) in [5.74, 6) is -0.313. The molecule has 6 nitrogen and oxygen atoms in total. The van der Waals surface area contributed by atoms with Crippen LogP contribution in [-0.2, 0) is 25.7 Å². The molecule has 1 aliphatic rings. The Morgan fingerprint density at radius 3 is 2.41 bits per heavy atom. The van der Waals surface area contributed by atoms with Gasteiger partial charge in [-0.2, -0.15) is 0 Å². The largest absolute Gasteiger partial charge is 0.492 e. The van der Waals surface area contributed by atoms with Gasteiger partial charge in [0.2, 0.25) is 0 Å². The Balaban J connectivity index is 2.14. The third-order valence-corrected chi connectivity index (χ3v) is 6.05. The molecule has 0 spiro atoms. The van der Waals surface area contributed by atoms with Gasteiger partial charge in [-0.1, -0.05) is 25.2 Å². The van der Waals surface area contributed by atoms with Gasteiger partial charge in [-0.25, -0.2) is 9.59 Å². The molecule has 1 aliphatic carbocycles. The first-order chi connectivity index (χ1) is 15.2. The van der Waals surface area contributed by atoms with E-state index in [4.69, 9.17) is 18.6 Å². The number of hydrogen-bond acceptors (Lipinski definition) is 6. The number of allylic oxidation sites excluding steroid dienone is 2. The van der Waals surface area contributed by atoms with Crippen LogP contribution in [0.15, 0.2) is 40.1 Å². The minimum Gasteiger partial charge on any atom is -0.492 e. The summed E-state index contributed by atoms with van der Waals surface area (Å²) in [5.41, 5.74) is 5.19. The standard InChI is InChI=1S/C26H30O6/c1-8-14(3)25(27)31-13-19-21-16(5)12-30-24(21)23(29-7)18-10-11-20(17(6)22(18)19)32-26(28)15(4)9-2/h8-12,17,20H,13H2,1-7H3/b14-8-,15-9-/t17-,20+/m0/s1. The van der Waals surface area contributed by atoms with E-state index in [0.29, 0.717) is 22.5 Å². The zero-order valence-corrected chi connectivity index (χ0v) is 19.7. The first-order valence-electron chi connectivity index (χ1n) is 10.7. The lowest BCUT2D eigenvalue weighted by atomic mass is 9.81. The van der Waals surface area contributed by atoms with Crippen molar-refractivity contribution in [2.45, 2.75) is 60.2 Å². The van der Waals surface area contributed by atoms with E-state index in [2.05, 4.69) is 0 Å². The maximum atomic E-state index is 12.4. The van der Waals surface area contributed by atoms with Crippen molar-refractivity contribution >= 4 is 29.0 Å². The summed E-state index contributed by atoms with van der Waals surface area (Å²) in [4.78, 5) is 24.8. The molecule has 0 N–H and O–H groups in total. The molecule has 1 heterocycles. The van der Waals surface area contributed by atoms with E-state index in [0.717, 1.165) is 27.6 Å². The molecule has 170 valence electrons. The molecule has 2 aromatic rings. The van der Waals surface area contributed by atoms with Crippen LogP contribution < -0.4 is 4.74 Å². The zero-order valence-electron chi connectivity index (χ0n) is 19.7. The maximum absolute atomic E-state index is 12.4. The van der Waals surface area contributed by atoms with Crippen molar-refractivity contribution in [3.05, 3.63) is 57.9 Å². The topological polar surface area (TPSA) is 75.0 Å². The molecular formula is C26H30O6. The number of furan rings is 1. The normalized spacial score (nSPS) is 18.5. The second kappa shape index (κ2) is 9.47. The molecule has 1 aromatic heterocycles. The van der Waals surface area contributed by atoms with Crippen molar-refractivity contribution in [1.82, 2.24) is 0 Å². The summed E-state index contributed by atoms with van der Waals surface area (Å²) in [6, 6.07) is 0. The van der Waals surface area contributed by atoms with Gasteiger partial charge in [0.25, 0.3) is 0 Å². The van der Waals surface area contributed by atoms with Gasteiger partial charge < -0.3 is 18.6 Å². The minimum atomic E-state index is -0.467. The first kappa shape index (κ1) is 23.4. The first-order valence-corrected chi connectivity index (χ1v) is 10.7. The van der Waals surface area contributed by atoms with Gasteiger partial charge in [-0.05, 0) is 51.8 Å². The Morgan fingerprint density at radius 2 is 1.78 bits per heavy atom. The molecule has 0 fully saturated rings. The van der Waals surface area contributed by atoms with Crippen molar-refractivity contribution in [1.29, 1.82) is 0 Å². The van der Waals surface area contributed by atoms with E-state index < -0.39 is 6.10 Å². The van der Waals surface area contributed by atoms with Crippen molar-refractivity contribution in [3.8, 4) is 5.75 Å². The molecule has 1 aromatic carbocycles. The van der Waals surface area contributed by atoms with Crippen molar-refractivity contribution in [2.75, 3.05) is 7.11 Å². The quantitative estimate of drug-likeness (QED) is 0.421. The highest BCUT2D eigenvalue weighted by molar-refractivity contribution is 5.96. The fraction of sp³-hybridized carbons (Fsp3) is 0.385. The lowest BCUT2D eigenvalue weighted by molar-refractivity contribution is -0.143. The number of ether oxygens (including phenoxy) is 3. The highest BCUT2D eigenvalue weighted by Crippen LogP contribution is 2.46. The number of esters is 2. The van der Waals surface area contributed by atoms with Crippen LogP contribution in [0.4, 0.5) is 0 Å². The van der Waals surface area contributed by atoms with Crippen molar-refractivity contribution in [2.24, 2.45) is 0 Å². The Kier molecular flexibility index (Phi) is 6.92. The molecular weight excluding hydrogens is 408 g/mol. The molecule has 0 aliphatic heterocycles. The second-order valence-corrected chi connectivity index (χ2v) is 8.00. The number of carbonyl (C=O) groups is 2. The Labute approximate surface area is 188 Å². The van der Waals surface area contributed by atoms with Gasteiger partial charge in [-0.15, -0.1) is 0 Å². The average Bonchev–Trinajstić information content (AvgIpc) is 3.18. The van der Waals surface area contributed by atoms with Crippen LogP contribution in [0.1, 0.15) is 62.8 Å². The summed E-state index contributed by atoms with van der Waals surface area (Å²) in [7, 11) is 1.60. The van der Waals surface area contributed by atoms with Crippen LogP contribution >= 0.6 is 0 Å². The highest BCUT2D eigenvalue weighted by Gasteiger charge is 2.33. The predicted molar refractivity (Wildman–Crippen MR) is 123 cm³/mol. The minimum absolute atomic E-state index is 0.0694. The molecule has 3 rings (SSSR count). The summed E-state index contributed by atoms with van der Waals surface area (Å²) in [6.45, 7) is 11.0. The van der Waals surface area contributed by atoms with Gasteiger partial charge in [0.05, 0.1) is 13.4 Å². The fourth-order valence-corrected chi connectivity index (χ4v) is 3.93. The second-order valence-electron chi connectivity index (χ2n) is 8.00. The van der Waals surface area contributed by atoms with E-state index in [1.54, 1.807) is 53.2 Å². The molecule has 0 amide bonds. The van der Waals surface area contributed by atoms with Crippen LogP contribution in [0.3, 0.4) is 0 Å². The number of rotatable bonds is 6. The van der Waals surface area contributed by atoms with Gasteiger partial charge in [-0.3, -0.25) is 0 Å². The number of carbonyl (C=O) groups excluding carboxylic acids is 2. The maximum Gasteiger partial charge on any atom is 0.333 e. The smallest absolute Gasteiger partial charge is 0.333 e. The predicted octanol–water partition coefficient (Wildman–Crippen LogP) is 5.77. The van der Waals surface area contributed by atoms with Gasteiger partial charge in [0, 0.05) is 33.6 Å². The van der Waals surface area contributed by atoms with Gasteiger partial charge >= 0.3 is 11.9 Å². The van der Waals surface area contributed by atoms with Crippen molar-refractivity contribution in [3.63, 3.8) is 0 Å². The molecule has 0 saturated carbocycles. The summed E-state index contributed by atoms with van der Waals surface area (Å²) in [6.07, 6.45) is 8.39. The Hall–Kier alpha value is -3.28. The van der Waals surface area contributed by atoms with Crippen LogP contribution in [0, 0.1) is 6.92 Å². The molecule has 0 saturated heterocycles. The third kappa shape index (κ3) is 4.09. The van der Waals surface area contributed by atoms with Gasteiger partial charge in [0.1, 0.15) is 12.7 Å². The number of aryl methyl sites for hydroxylation is 1.